The molecule has 0 aliphatic carbocycles. The monoisotopic (exact) mass is 339 g/mol. The van der Waals surface area contributed by atoms with E-state index in [0.29, 0.717) is 22.3 Å². The van der Waals surface area contributed by atoms with E-state index in [2.05, 4.69) is 10.1 Å². The van der Waals surface area contributed by atoms with Gasteiger partial charge in [-0.05, 0) is 31.5 Å². The Hall–Kier alpha value is -3.34. The quantitative estimate of drug-likeness (QED) is 0.698. The molecule has 0 saturated heterocycles. The third-order valence-electron chi connectivity index (χ3n) is 4.15. The average Bonchev–Trinajstić information content (AvgIpc) is 2.57. The maximum Gasteiger partial charge on any atom is 0.285 e. The molecule has 0 aliphatic heterocycles. The predicted molar refractivity (Wildman–Crippen MR) is 88.7 cm³/mol. The molecular weight excluding hydrogens is 325 g/mol. The molecule has 0 N–H and O–H groups in total. The molecule has 0 atom stereocenters. The minimum atomic E-state index is -0.589. The van der Waals surface area contributed by atoms with Crippen LogP contribution in [-0.4, -0.2) is 19.3 Å². The van der Waals surface area contributed by atoms with E-state index in [1.54, 1.807) is 20.9 Å². The molecule has 0 fully saturated rings. The maximum absolute atomic E-state index is 13.5. The van der Waals surface area contributed by atoms with Crippen molar-refractivity contribution in [1.29, 1.82) is 5.26 Å². The minimum absolute atomic E-state index is 0.0174. The highest BCUT2D eigenvalue weighted by molar-refractivity contribution is 5.74. The number of aromatic nitrogens is 4. The predicted octanol–water partition coefficient (Wildman–Crippen LogP) is 1.17. The highest BCUT2D eigenvalue weighted by Gasteiger charge is 2.15. The van der Waals surface area contributed by atoms with Gasteiger partial charge >= 0.3 is 0 Å². The van der Waals surface area contributed by atoms with Gasteiger partial charge in [0.25, 0.3) is 11.1 Å². The summed E-state index contributed by atoms with van der Waals surface area (Å²) < 4.78 is 15.8. The Morgan fingerprint density at radius 1 is 1.24 bits per heavy atom. The number of hydrogen-bond donors (Lipinski definition) is 0. The molecule has 8 heteroatoms. The Kier molecular flexibility index (Phi) is 3.93. The van der Waals surface area contributed by atoms with Crippen LogP contribution in [0.2, 0.25) is 0 Å². The molecule has 2 heterocycles. The van der Waals surface area contributed by atoms with Crippen LogP contribution in [0.4, 0.5) is 4.39 Å². The Morgan fingerprint density at radius 3 is 2.64 bits per heavy atom. The summed E-state index contributed by atoms with van der Waals surface area (Å²) in [6.07, 6.45) is 0. The number of halogens is 1. The summed E-state index contributed by atoms with van der Waals surface area (Å²) in [6, 6.07) is 5.80. The van der Waals surface area contributed by atoms with Crippen LogP contribution in [-0.2, 0) is 13.6 Å². The number of nitrogens with zero attached hydrogens (tertiary/aromatic N) is 5. The maximum atomic E-state index is 13.5. The Labute approximate surface area is 141 Å². The van der Waals surface area contributed by atoms with Gasteiger partial charge < -0.3 is 4.57 Å². The minimum Gasteiger partial charge on any atom is -0.308 e. The van der Waals surface area contributed by atoms with Crippen LogP contribution in [0.3, 0.4) is 0 Å². The van der Waals surface area contributed by atoms with Crippen LogP contribution in [0.25, 0.3) is 11.0 Å². The zero-order valence-electron chi connectivity index (χ0n) is 13.9. The highest BCUT2D eigenvalue weighted by atomic mass is 19.1. The third kappa shape index (κ3) is 2.70. The van der Waals surface area contributed by atoms with Gasteiger partial charge in [-0.1, -0.05) is 0 Å². The highest BCUT2D eigenvalue weighted by Crippen LogP contribution is 2.12. The van der Waals surface area contributed by atoms with E-state index in [9.17, 15) is 19.2 Å². The zero-order valence-corrected chi connectivity index (χ0v) is 13.9. The van der Waals surface area contributed by atoms with E-state index in [-0.39, 0.29) is 17.8 Å². The van der Waals surface area contributed by atoms with Crippen LogP contribution < -0.4 is 11.1 Å². The van der Waals surface area contributed by atoms with Crippen LogP contribution in [0.5, 0.6) is 0 Å². The first-order valence-electron chi connectivity index (χ1n) is 7.47. The van der Waals surface area contributed by atoms with Crippen molar-refractivity contribution in [3.8, 4) is 6.07 Å². The van der Waals surface area contributed by atoms with Gasteiger partial charge in [-0.2, -0.15) is 10.4 Å². The molecule has 0 unspecified atom stereocenters. The van der Waals surface area contributed by atoms with E-state index in [0.717, 1.165) is 4.68 Å². The third-order valence-corrected chi connectivity index (χ3v) is 4.15. The molecule has 25 heavy (non-hydrogen) atoms. The van der Waals surface area contributed by atoms with Crippen molar-refractivity contribution < 1.29 is 4.39 Å². The fourth-order valence-electron chi connectivity index (χ4n) is 2.62. The first-order chi connectivity index (χ1) is 11.8. The summed E-state index contributed by atoms with van der Waals surface area (Å²) in [4.78, 5) is 29.0. The lowest BCUT2D eigenvalue weighted by Gasteiger charge is -2.11. The van der Waals surface area contributed by atoms with Gasteiger partial charge in [0.15, 0.2) is 0 Å². The van der Waals surface area contributed by atoms with Gasteiger partial charge in [-0.25, -0.2) is 14.1 Å². The summed E-state index contributed by atoms with van der Waals surface area (Å²) in [5.74, 6) is -0.474. The molecule has 3 aromatic rings. The standard InChI is InChI=1S/C17H14FN5O2/c1-9-10(2)21-23(16(24)12(9)7-19)8-14-17(25)22(3)15-5-4-11(18)6-13(15)20-14/h4-6H,8H2,1-3H3. The van der Waals surface area contributed by atoms with E-state index in [1.165, 1.54) is 22.8 Å². The molecule has 0 spiro atoms. The Balaban J connectivity index is 2.22. The van der Waals surface area contributed by atoms with Gasteiger partial charge in [0.05, 0.1) is 23.3 Å². The summed E-state index contributed by atoms with van der Waals surface area (Å²) in [5, 5.41) is 13.3. The number of hydrogen-bond acceptors (Lipinski definition) is 5. The normalized spacial score (nSPS) is 10.8. The van der Waals surface area contributed by atoms with Gasteiger partial charge in [0.1, 0.15) is 23.1 Å². The average molecular weight is 339 g/mol. The summed E-state index contributed by atoms with van der Waals surface area (Å²) in [6.45, 7) is 3.11. The van der Waals surface area contributed by atoms with Gasteiger partial charge in [-0.15, -0.1) is 0 Å². The van der Waals surface area contributed by atoms with Crippen LogP contribution in [0.15, 0.2) is 27.8 Å². The lowest BCUT2D eigenvalue weighted by Crippen LogP contribution is -2.32. The molecule has 7 nitrogen and oxygen atoms in total. The lowest BCUT2D eigenvalue weighted by atomic mass is 10.1. The summed E-state index contributed by atoms with van der Waals surface area (Å²) >= 11 is 0. The molecule has 0 bridgehead atoms. The molecule has 2 aromatic heterocycles. The number of aryl methyl sites for hydroxylation is 2. The van der Waals surface area contributed by atoms with Crippen molar-refractivity contribution in [2.45, 2.75) is 20.4 Å². The molecule has 0 saturated carbocycles. The number of rotatable bonds is 2. The van der Waals surface area contributed by atoms with E-state index in [1.807, 2.05) is 6.07 Å². The molecule has 0 amide bonds. The number of fused-ring (bicyclic) bond motifs is 1. The van der Waals surface area contributed by atoms with Crippen molar-refractivity contribution in [2.24, 2.45) is 7.05 Å². The molecule has 3 rings (SSSR count). The number of nitriles is 1. The van der Waals surface area contributed by atoms with E-state index >= 15 is 0 Å². The van der Waals surface area contributed by atoms with Gasteiger partial charge in [-0.3, -0.25) is 9.59 Å². The topological polar surface area (TPSA) is 93.6 Å². The van der Waals surface area contributed by atoms with Crippen molar-refractivity contribution in [2.75, 3.05) is 0 Å². The second-order valence-electron chi connectivity index (χ2n) is 5.72. The SMILES string of the molecule is Cc1nn(Cc2nc3cc(F)ccc3n(C)c2=O)c(=O)c(C#N)c1C. The first-order valence-corrected chi connectivity index (χ1v) is 7.47. The van der Waals surface area contributed by atoms with Crippen molar-refractivity contribution >= 4 is 11.0 Å². The van der Waals surface area contributed by atoms with Crippen LogP contribution in [0.1, 0.15) is 22.5 Å². The second-order valence-corrected chi connectivity index (χ2v) is 5.72. The van der Waals surface area contributed by atoms with Crippen molar-refractivity contribution in [3.63, 3.8) is 0 Å². The van der Waals surface area contributed by atoms with Crippen molar-refractivity contribution in [1.82, 2.24) is 19.3 Å². The lowest BCUT2D eigenvalue weighted by molar-refractivity contribution is 0.603. The molecule has 0 aliphatic rings. The number of benzene rings is 1. The molecule has 126 valence electrons. The smallest absolute Gasteiger partial charge is 0.285 e. The summed E-state index contributed by atoms with van der Waals surface area (Å²) in [5.41, 5.74) is 0.824. The zero-order chi connectivity index (χ0) is 18.3. The van der Waals surface area contributed by atoms with Crippen molar-refractivity contribution in [3.05, 3.63) is 67.2 Å². The van der Waals surface area contributed by atoms with Gasteiger partial charge in [0.2, 0.25) is 0 Å². The molecular formula is C17H14FN5O2. The van der Waals surface area contributed by atoms with Gasteiger partial charge in [0, 0.05) is 13.1 Å². The molecule has 0 radical (unpaired) electrons. The summed E-state index contributed by atoms with van der Waals surface area (Å²) in [7, 11) is 1.55. The largest absolute Gasteiger partial charge is 0.308 e. The van der Waals surface area contributed by atoms with E-state index < -0.39 is 16.9 Å². The fraction of sp³-hybridized carbons (Fsp3) is 0.235. The van der Waals surface area contributed by atoms with Crippen LogP contribution >= 0.6 is 0 Å². The first kappa shape index (κ1) is 16.5. The molecule has 1 aromatic carbocycles. The Morgan fingerprint density at radius 2 is 1.96 bits per heavy atom. The van der Waals surface area contributed by atoms with E-state index in [4.69, 9.17) is 0 Å². The second kappa shape index (κ2) is 5.94. The van der Waals surface area contributed by atoms with Crippen LogP contribution in [0, 0.1) is 31.0 Å². The Bertz CT molecular complexity index is 1170. The fourth-order valence-corrected chi connectivity index (χ4v) is 2.62.